The summed E-state index contributed by atoms with van der Waals surface area (Å²) in [5.41, 5.74) is 1.85. The molecule has 26 heavy (non-hydrogen) atoms. The van der Waals surface area contributed by atoms with Crippen LogP contribution in [0.25, 0.3) is 0 Å². The maximum Gasteiger partial charge on any atom is 0.240 e. The van der Waals surface area contributed by atoms with Crippen molar-refractivity contribution in [2.75, 3.05) is 14.1 Å². The Bertz CT molecular complexity index is 842. The first-order valence-corrected chi connectivity index (χ1v) is 9.76. The third-order valence-corrected chi connectivity index (χ3v) is 5.21. The standard InChI is InChI=1S/C17H25N5O3S/c1-12(2)16-9-14(25-22-16)11-21-17(18-3)20-10-13-5-7-15(8-6-13)26(23,24)19-4/h5-9,12,19H,10-11H2,1-4H3,(H2,18,20,21). The van der Waals surface area contributed by atoms with Crippen LogP contribution < -0.4 is 15.4 Å². The lowest BCUT2D eigenvalue weighted by molar-refractivity contribution is 0.372. The molecule has 9 heteroatoms. The van der Waals surface area contributed by atoms with E-state index in [9.17, 15) is 8.42 Å². The van der Waals surface area contributed by atoms with Gasteiger partial charge in [-0.1, -0.05) is 31.1 Å². The average Bonchev–Trinajstić information content (AvgIpc) is 3.11. The molecular formula is C17H25N5O3S. The Morgan fingerprint density at radius 2 is 1.85 bits per heavy atom. The molecule has 0 aliphatic heterocycles. The van der Waals surface area contributed by atoms with Crippen LogP contribution >= 0.6 is 0 Å². The highest BCUT2D eigenvalue weighted by Gasteiger charge is 2.11. The van der Waals surface area contributed by atoms with E-state index >= 15 is 0 Å². The first-order chi connectivity index (χ1) is 12.4. The van der Waals surface area contributed by atoms with E-state index in [1.807, 2.05) is 6.07 Å². The van der Waals surface area contributed by atoms with Crippen LogP contribution in [-0.2, 0) is 23.1 Å². The SMILES string of the molecule is CN=C(NCc1ccc(S(=O)(=O)NC)cc1)NCc1cc(C(C)C)no1. The number of benzene rings is 1. The number of guanidine groups is 1. The molecule has 1 aromatic carbocycles. The number of rotatable bonds is 7. The summed E-state index contributed by atoms with van der Waals surface area (Å²) < 4.78 is 31.0. The van der Waals surface area contributed by atoms with E-state index in [0.717, 1.165) is 17.0 Å². The van der Waals surface area contributed by atoms with Crippen molar-refractivity contribution in [3.8, 4) is 0 Å². The van der Waals surface area contributed by atoms with Gasteiger partial charge in [-0.2, -0.15) is 0 Å². The number of nitrogens with one attached hydrogen (secondary N) is 3. The summed E-state index contributed by atoms with van der Waals surface area (Å²) in [5, 5.41) is 10.3. The van der Waals surface area contributed by atoms with Gasteiger partial charge in [-0.05, 0) is 30.7 Å². The zero-order valence-corrected chi connectivity index (χ0v) is 16.2. The molecule has 0 fully saturated rings. The lowest BCUT2D eigenvalue weighted by Gasteiger charge is -2.11. The van der Waals surface area contributed by atoms with Crippen molar-refractivity contribution in [3.63, 3.8) is 0 Å². The van der Waals surface area contributed by atoms with Crippen LogP contribution in [0.15, 0.2) is 44.7 Å². The molecule has 1 heterocycles. The van der Waals surface area contributed by atoms with Crippen LogP contribution in [0.3, 0.4) is 0 Å². The van der Waals surface area contributed by atoms with E-state index in [0.29, 0.717) is 25.0 Å². The molecule has 0 amide bonds. The van der Waals surface area contributed by atoms with Gasteiger partial charge >= 0.3 is 0 Å². The third-order valence-electron chi connectivity index (χ3n) is 3.78. The Morgan fingerprint density at radius 3 is 2.38 bits per heavy atom. The molecule has 142 valence electrons. The number of aliphatic imine (C=N–C) groups is 1. The second-order valence-electron chi connectivity index (χ2n) is 6.00. The zero-order chi connectivity index (χ0) is 19.2. The van der Waals surface area contributed by atoms with Crippen molar-refractivity contribution in [2.24, 2.45) is 4.99 Å². The van der Waals surface area contributed by atoms with Gasteiger partial charge in [0.2, 0.25) is 10.0 Å². The molecule has 0 saturated carbocycles. The summed E-state index contributed by atoms with van der Waals surface area (Å²) in [5.74, 6) is 1.66. The van der Waals surface area contributed by atoms with Gasteiger partial charge in [0.15, 0.2) is 11.7 Å². The average molecular weight is 379 g/mol. The summed E-state index contributed by atoms with van der Waals surface area (Å²) in [6.45, 7) is 5.09. The largest absolute Gasteiger partial charge is 0.359 e. The van der Waals surface area contributed by atoms with Crippen molar-refractivity contribution < 1.29 is 12.9 Å². The van der Waals surface area contributed by atoms with Crippen molar-refractivity contribution in [1.82, 2.24) is 20.5 Å². The summed E-state index contributed by atoms with van der Waals surface area (Å²) in [6.07, 6.45) is 0. The van der Waals surface area contributed by atoms with E-state index in [-0.39, 0.29) is 4.90 Å². The molecule has 8 nitrogen and oxygen atoms in total. The molecular weight excluding hydrogens is 354 g/mol. The normalized spacial score (nSPS) is 12.4. The summed E-state index contributed by atoms with van der Waals surface area (Å²) >= 11 is 0. The van der Waals surface area contributed by atoms with Crippen molar-refractivity contribution in [3.05, 3.63) is 47.3 Å². The van der Waals surface area contributed by atoms with Gasteiger partial charge in [-0.15, -0.1) is 0 Å². The second-order valence-corrected chi connectivity index (χ2v) is 7.89. The maximum absolute atomic E-state index is 11.7. The Morgan fingerprint density at radius 1 is 1.19 bits per heavy atom. The third kappa shape index (κ3) is 5.30. The predicted octanol–water partition coefficient (Wildman–Crippen LogP) is 1.57. The van der Waals surface area contributed by atoms with Crippen LogP contribution in [0.2, 0.25) is 0 Å². The summed E-state index contributed by atoms with van der Waals surface area (Å²) in [6, 6.07) is 8.58. The molecule has 0 spiro atoms. The fourth-order valence-electron chi connectivity index (χ4n) is 2.17. The number of hydrogen-bond acceptors (Lipinski definition) is 5. The minimum absolute atomic E-state index is 0.234. The van der Waals surface area contributed by atoms with Crippen molar-refractivity contribution in [1.29, 1.82) is 0 Å². The molecule has 0 aliphatic carbocycles. The molecule has 1 aromatic heterocycles. The zero-order valence-electron chi connectivity index (χ0n) is 15.4. The molecule has 2 aromatic rings. The van der Waals surface area contributed by atoms with Gasteiger partial charge in [-0.3, -0.25) is 4.99 Å². The fraction of sp³-hybridized carbons (Fsp3) is 0.412. The van der Waals surface area contributed by atoms with Gasteiger partial charge in [0.25, 0.3) is 0 Å². The summed E-state index contributed by atoms with van der Waals surface area (Å²) in [7, 11) is -0.351. The Labute approximate surface area is 154 Å². The van der Waals surface area contributed by atoms with E-state index in [1.165, 1.54) is 7.05 Å². The Balaban J connectivity index is 1.88. The number of nitrogens with zero attached hydrogens (tertiary/aromatic N) is 2. The highest BCUT2D eigenvalue weighted by Crippen LogP contribution is 2.13. The Kier molecular flexibility index (Phi) is 6.76. The van der Waals surface area contributed by atoms with Crippen molar-refractivity contribution in [2.45, 2.75) is 37.8 Å². The number of sulfonamides is 1. The van der Waals surface area contributed by atoms with Crippen LogP contribution in [0.4, 0.5) is 0 Å². The quantitative estimate of drug-likeness (QED) is 0.498. The molecule has 0 atom stereocenters. The Hall–Kier alpha value is -2.39. The highest BCUT2D eigenvalue weighted by molar-refractivity contribution is 7.89. The van der Waals surface area contributed by atoms with E-state index in [2.05, 4.69) is 39.4 Å². The molecule has 0 saturated heterocycles. The van der Waals surface area contributed by atoms with Crippen LogP contribution in [-0.4, -0.2) is 33.6 Å². The van der Waals surface area contributed by atoms with Gasteiger partial charge in [0.05, 0.1) is 17.1 Å². The minimum atomic E-state index is -3.42. The van der Waals surface area contributed by atoms with Gasteiger partial charge in [-0.25, -0.2) is 13.1 Å². The molecule has 0 radical (unpaired) electrons. The first kappa shape index (κ1) is 19.9. The molecule has 0 bridgehead atoms. The van der Waals surface area contributed by atoms with E-state index in [1.54, 1.807) is 31.3 Å². The lowest BCUT2D eigenvalue weighted by Crippen LogP contribution is -2.36. The first-order valence-electron chi connectivity index (χ1n) is 8.28. The van der Waals surface area contributed by atoms with E-state index < -0.39 is 10.0 Å². The van der Waals surface area contributed by atoms with Crippen molar-refractivity contribution >= 4 is 16.0 Å². The van der Waals surface area contributed by atoms with Crippen LogP contribution in [0, 0.1) is 0 Å². The van der Waals surface area contributed by atoms with Crippen LogP contribution in [0.5, 0.6) is 0 Å². The minimum Gasteiger partial charge on any atom is -0.359 e. The van der Waals surface area contributed by atoms with Gasteiger partial charge < -0.3 is 15.2 Å². The molecule has 3 N–H and O–H groups in total. The highest BCUT2D eigenvalue weighted by atomic mass is 32.2. The number of hydrogen-bond donors (Lipinski definition) is 3. The second kappa shape index (κ2) is 8.81. The maximum atomic E-state index is 11.7. The topological polar surface area (TPSA) is 109 Å². The van der Waals surface area contributed by atoms with E-state index in [4.69, 9.17) is 4.52 Å². The van der Waals surface area contributed by atoms with Crippen LogP contribution in [0.1, 0.15) is 36.8 Å². The number of aromatic nitrogens is 1. The lowest BCUT2D eigenvalue weighted by atomic mass is 10.1. The molecule has 0 aliphatic rings. The van der Waals surface area contributed by atoms with Gasteiger partial charge in [0, 0.05) is 19.7 Å². The smallest absolute Gasteiger partial charge is 0.240 e. The molecule has 0 unspecified atom stereocenters. The predicted molar refractivity (Wildman–Crippen MR) is 100 cm³/mol. The van der Waals surface area contributed by atoms with Gasteiger partial charge in [0.1, 0.15) is 0 Å². The monoisotopic (exact) mass is 379 g/mol. The fourth-order valence-corrected chi connectivity index (χ4v) is 2.90. The summed E-state index contributed by atoms with van der Waals surface area (Å²) in [4.78, 5) is 4.39. The molecule has 2 rings (SSSR count).